The second-order valence-corrected chi connectivity index (χ2v) is 7.66. The number of hydrogen-bond donors (Lipinski definition) is 3. The van der Waals surface area contributed by atoms with E-state index in [4.69, 9.17) is 15.2 Å². The Morgan fingerprint density at radius 3 is 2.27 bits per heavy atom. The summed E-state index contributed by atoms with van der Waals surface area (Å²) < 4.78 is 10.0. The number of rotatable bonds is 12. The standard InChI is InChI=1S/C15H26N2.C6H11NO2/c1-13(2)6-3-4-9-17-12-15-8-5-7-14(10-15)11-16;1(5-3-8-5)7-2-6-4-9-6/h5,7-8,10,13,17H,3-4,6,9,11-12,16H2,1-2H3;5-7H,1-4H2. The van der Waals surface area contributed by atoms with E-state index in [1.54, 1.807) is 0 Å². The maximum atomic E-state index is 5.62. The molecule has 2 heterocycles. The van der Waals surface area contributed by atoms with E-state index in [1.165, 1.54) is 30.4 Å². The molecule has 1 aromatic rings. The Morgan fingerprint density at radius 1 is 1.04 bits per heavy atom. The molecular formula is C21H37N3O2. The van der Waals surface area contributed by atoms with Gasteiger partial charge in [0.25, 0.3) is 0 Å². The van der Waals surface area contributed by atoms with Gasteiger partial charge in [-0.15, -0.1) is 0 Å². The van der Waals surface area contributed by atoms with Crippen molar-refractivity contribution in [2.45, 2.75) is 58.4 Å². The highest BCUT2D eigenvalue weighted by Gasteiger charge is 2.25. The molecule has 2 fully saturated rings. The highest BCUT2D eigenvalue weighted by Crippen LogP contribution is 2.09. The first kappa shape index (κ1) is 21.3. The van der Waals surface area contributed by atoms with E-state index in [0.717, 1.165) is 45.3 Å². The Morgan fingerprint density at radius 2 is 1.69 bits per heavy atom. The lowest BCUT2D eigenvalue weighted by molar-refractivity contribution is 0.373. The molecule has 0 amide bonds. The smallest absolute Gasteiger partial charge is 0.0933 e. The summed E-state index contributed by atoms with van der Waals surface area (Å²) in [4.78, 5) is 0. The van der Waals surface area contributed by atoms with Crippen LogP contribution in [0.5, 0.6) is 0 Å². The van der Waals surface area contributed by atoms with Crippen molar-refractivity contribution in [1.29, 1.82) is 0 Å². The third-order valence-electron chi connectivity index (χ3n) is 4.49. The highest BCUT2D eigenvalue weighted by atomic mass is 16.6. The zero-order valence-electron chi connectivity index (χ0n) is 16.5. The zero-order valence-corrected chi connectivity index (χ0v) is 16.5. The molecule has 5 nitrogen and oxygen atoms in total. The second-order valence-electron chi connectivity index (χ2n) is 7.66. The third kappa shape index (κ3) is 10.9. The molecule has 148 valence electrons. The Hall–Kier alpha value is -0.980. The van der Waals surface area contributed by atoms with Crippen LogP contribution in [0.15, 0.2) is 24.3 Å². The maximum absolute atomic E-state index is 5.62. The van der Waals surface area contributed by atoms with Crippen LogP contribution in [0.25, 0.3) is 0 Å². The Kier molecular flexibility index (Phi) is 10.2. The van der Waals surface area contributed by atoms with E-state index < -0.39 is 0 Å². The minimum absolute atomic E-state index is 0.503. The molecule has 1 aromatic carbocycles. The number of unbranched alkanes of at least 4 members (excludes halogenated alkanes) is 1. The van der Waals surface area contributed by atoms with Crippen LogP contribution >= 0.6 is 0 Å². The average Bonchev–Trinajstić information content (AvgIpc) is 3.54. The number of nitrogens with one attached hydrogen (secondary N) is 2. The van der Waals surface area contributed by atoms with E-state index in [1.807, 2.05) is 0 Å². The summed E-state index contributed by atoms with van der Waals surface area (Å²) in [5.74, 6) is 0.830. The molecule has 0 saturated carbocycles. The van der Waals surface area contributed by atoms with Crippen LogP contribution in [-0.2, 0) is 22.6 Å². The van der Waals surface area contributed by atoms with Gasteiger partial charge in [0, 0.05) is 26.2 Å². The van der Waals surface area contributed by atoms with E-state index in [9.17, 15) is 0 Å². The number of epoxide rings is 2. The van der Waals surface area contributed by atoms with Crippen LogP contribution in [0.2, 0.25) is 0 Å². The number of ether oxygens (including phenoxy) is 2. The SMILES string of the molecule is C(NCC1CO1)C1CO1.CC(C)CCCCNCc1cccc(CN)c1. The predicted molar refractivity (Wildman–Crippen MR) is 107 cm³/mol. The summed E-state index contributed by atoms with van der Waals surface area (Å²) in [5.41, 5.74) is 8.16. The van der Waals surface area contributed by atoms with Crippen LogP contribution in [0, 0.1) is 5.92 Å². The highest BCUT2D eigenvalue weighted by molar-refractivity contribution is 5.23. The summed E-state index contributed by atoms with van der Waals surface area (Å²) >= 11 is 0. The van der Waals surface area contributed by atoms with Gasteiger partial charge >= 0.3 is 0 Å². The average molecular weight is 364 g/mol. The molecule has 0 radical (unpaired) electrons. The van der Waals surface area contributed by atoms with Crippen LogP contribution in [0.3, 0.4) is 0 Å². The van der Waals surface area contributed by atoms with Gasteiger partial charge in [0.15, 0.2) is 0 Å². The molecular weight excluding hydrogens is 326 g/mol. The fourth-order valence-electron chi connectivity index (χ4n) is 2.68. The minimum atomic E-state index is 0.503. The summed E-state index contributed by atoms with van der Waals surface area (Å²) in [6.45, 7) is 11.1. The first-order chi connectivity index (χ1) is 12.7. The van der Waals surface area contributed by atoms with Gasteiger partial charge in [-0.1, -0.05) is 51.0 Å². The molecule has 26 heavy (non-hydrogen) atoms. The van der Waals surface area contributed by atoms with Gasteiger partial charge in [-0.25, -0.2) is 0 Å². The fraction of sp³-hybridized carbons (Fsp3) is 0.714. The summed E-state index contributed by atoms with van der Waals surface area (Å²) in [7, 11) is 0. The quantitative estimate of drug-likeness (QED) is 0.393. The molecule has 4 N–H and O–H groups in total. The van der Waals surface area contributed by atoms with Crippen LogP contribution in [0.4, 0.5) is 0 Å². The molecule has 2 aliphatic heterocycles. The fourth-order valence-corrected chi connectivity index (χ4v) is 2.68. The number of hydrogen-bond acceptors (Lipinski definition) is 5. The van der Waals surface area contributed by atoms with Crippen LogP contribution in [-0.4, -0.2) is 45.1 Å². The van der Waals surface area contributed by atoms with Crippen molar-refractivity contribution in [1.82, 2.24) is 10.6 Å². The molecule has 5 heteroatoms. The number of benzene rings is 1. The van der Waals surface area contributed by atoms with Gasteiger partial charge in [-0.3, -0.25) is 0 Å². The summed E-state index contributed by atoms with van der Waals surface area (Å²) in [5, 5.41) is 6.75. The lowest BCUT2D eigenvalue weighted by Crippen LogP contribution is -2.24. The Bertz CT molecular complexity index is 476. The van der Waals surface area contributed by atoms with E-state index in [-0.39, 0.29) is 0 Å². The molecule has 2 atom stereocenters. The van der Waals surface area contributed by atoms with Crippen molar-refractivity contribution in [2.75, 3.05) is 32.8 Å². The minimum Gasteiger partial charge on any atom is -0.372 e. The van der Waals surface area contributed by atoms with E-state index in [0.29, 0.717) is 18.8 Å². The van der Waals surface area contributed by atoms with Gasteiger partial charge in [-0.2, -0.15) is 0 Å². The van der Waals surface area contributed by atoms with Gasteiger partial charge in [0.2, 0.25) is 0 Å². The van der Waals surface area contributed by atoms with Crippen molar-refractivity contribution in [2.24, 2.45) is 11.7 Å². The van der Waals surface area contributed by atoms with E-state index >= 15 is 0 Å². The maximum Gasteiger partial charge on any atom is 0.0933 e. The monoisotopic (exact) mass is 363 g/mol. The van der Waals surface area contributed by atoms with Crippen molar-refractivity contribution in [3.63, 3.8) is 0 Å². The predicted octanol–water partition coefficient (Wildman–Crippen LogP) is 2.43. The van der Waals surface area contributed by atoms with Crippen molar-refractivity contribution in [3.8, 4) is 0 Å². The zero-order chi connectivity index (χ0) is 18.6. The molecule has 2 unspecified atom stereocenters. The third-order valence-corrected chi connectivity index (χ3v) is 4.49. The van der Waals surface area contributed by atoms with Crippen molar-refractivity contribution >= 4 is 0 Å². The van der Waals surface area contributed by atoms with Gasteiger partial charge in [0.05, 0.1) is 25.4 Å². The second kappa shape index (κ2) is 12.4. The van der Waals surface area contributed by atoms with Gasteiger partial charge in [0.1, 0.15) is 0 Å². The molecule has 0 aromatic heterocycles. The largest absolute Gasteiger partial charge is 0.372 e. The lowest BCUT2D eigenvalue weighted by atomic mass is 10.1. The summed E-state index contributed by atoms with van der Waals surface area (Å²) in [6.07, 6.45) is 4.94. The molecule has 2 saturated heterocycles. The molecule has 3 rings (SSSR count). The molecule has 0 spiro atoms. The van der Waals surface area contributed by atoms with Gasteiger partial charge < -0.3 is 25.8 Å². The summed E-state index contributed by atoms with van der Waals surface area (Å²) in [6, 6.07) is 8.49. The Labute approximate surface area is 159 Å². The number of nitrogens with two attached hydrogens (primary N) is 1. The van der Waals surface area contributed by atoms with Crippen LogP contribution in [0.1, 0.15) is 44.2 Å². The molecule has 0 bridgehead atoms. The van der Waals surface area contributed by atoms with E-state index in [2.05, 4.69) is 48.7 Å². The molecule has 2 aliphatic rings. The first-order valence-corrected chi connectivity index (χ1v) is 10.1. The van der Waals surface area contributed by atoms with Gasteiger partial charge in [-0.05, 0) is 30.0 Å². The first-order valence-electron chi connectivity index (χ1n) is 10.1. The Balaban J connectivity index is 0.000000223. The normalized spacial score (nSPS) is 20.6. The topological polar surface area (TPSA) is 75.1 Å². The van der Waals surface area contributed by atoms with Crippen molar-refractivity contribution < 1.29 is 9.47 Å². The van der Waals surface area contributed by atoms with Crippen molar-refractivity contribution in [3.05, 3.63) is 35.4 Å². The molecule has 0 aliphatic carbocycles. The van der Waals surface area contributed by atoms with Crippen LogP contribution < -0.4 is 16.4 Å². The lowest BCUT2D eigenvalue weighted by Gasteiger charge is -2.07.